The minimum absolute atomic E-state index is 0.142. The zero-order valence-electron chi connectivity index (χ0n) is 11.5. The molecule has 0 saturated carbocycles. The maximum absolute atomic E-state index is 9.62. The molecule has 1 aliphatic heterocycles. The molecule has 1 fully saturated rings. The first-order valence-electron chi connectivity index (χ1n) is 7.24. The van der Waals surface area contributed by atoms with Gasteiger partial charge in [-0.3, -0.25) is 0 Å². The summed E-state index contributed by atoms with van der Waals surface area (Å²) >= 11 is 0. The minimum atomic E-state index is -0.307. The van der Waals surface area contributed by atoms with E-state index in [0.29, 0.717) is 6.61 Å². The van der Waals surface area contributed by atoms with Gasteiger partial charge in [-0.15, -0.1) is 0 Å². The van der Waals surface area contributed by atoms with E-state index < -0.39 is 0 Å². The van der Waals surface area contributed by atoms with Crippen molar-refractivity contribution < 1.29 is 9.84 Å². The average molecular weight is 268 g/mol. The molecule has 2 aromatic carbocycles. The van der Waals surface area contributed by atoms with Gasteiger partial charge in [0.15, 0.2) is 0 Å². The summed E-state index contributed by atoms with van der Waals surface area (Å²) in [6.07, 6.45) is 1.55. The highest BCUT2D eigenvalue weighted by molar-refractivity contribution is 5.33. The van der Waals surface area contributed by atoms with E-state index in [1.165, 1.54) is 11.1 Å². The number of hydrogen-bond acceptors (Lipinski definition) is 2. The summed E-state index contributed by atoms with van der Waals surface area (Å²) < 4.78 is 5.91. The van der Waals surface area contributed by atoms with Crippen LogP contribution in [0.3, 0.4) is 0 Å². The van der Waals surface area contributed by atoms with Gasteiger partial charge in [-0.05, 0) is 24.0 Å². The van der Waals surface area contributed by atoms with Crippen LogP contribution in [0, 0.1) is 0 Å². The Labute approximate surface area is 120 Å². The molecule has 0 spiro atoms. The highest BCUT2D eigenvalue weighted by atomic mass is 16.5. The smallest absolute Gasteiger partial charge is 0.0774 e. The number of benzene rings is 2. The molecule has 0 amide bonds. The molecule has 20 heavy (non-hydrogen) atoms. The lowest BCUT2D eigenvalue weighted by Crippen LogP contribution is -2.33. The first-order chi connectivity index (χ1) is 9.84. The molecule has 1 aliphatic rings. The molecule has 2 unspecified atom stereocenters. The molecule has 1 N–H and O–H groups in total. The van der Waals surface area contributed by atoms with Crippen molar-refractivity contribution >= 4 is 0 Å². The summed E-state index contributed by atoms with van der Waals surface area (Å²) in [5.41, 5.74) is 2.56. The van der Waals surface area contributed by atoms with Gasteiger partial charge in [0.1, 0.15) is 0 Å². The fraction of sp³-hybridized carbons (Fsp3) is 0.333. The van der Waals surface area contributed by atoms with E-state index in [1.807, 2.05) is 12.1 Å². The fourth-order valence-electron chi connectivity index (χ4n) is 2.96. The number of rotatable bonds is 3. The van der Waals surface area contributed by atoms with E-state index in [1.54, 1.807) is 0 Å². The monoisotopic (exact) mass is 268 g/mol. The Morgan fingerprint density at radius 3 is 1.85 bits per heavy atom. The average Bonchev–Trinajstić information content (AvgIpc) is 2.52. The Bertz CT molecular complexity index is 476. The molecular weight excluding hydrogens is 248 g/mol. The topological polar surface area (TPSA) is 29.5 Å². The van der Waals surface area contributed by atoms with Gasteiger partial charge in [0.2, 0.25) is 0 Å². The maximum Gasteiger partial charge on any atom is 0.0774 e. The third kappa shape index (κ3) is 2.92. The zero-order valence-corrected chi connectivity index (χ0v) is 11.5. The lowest BCUT2D eigenvalue weighted by molar-refractivity contribution is -0.0610. The molecule has 0 radical (unpaired) electrons. The fourth-order valence-corrected chi connectivity index (χ4v) is 2.96. The van der Waals surface area contributed by atoms with Gasteiger partial charge in [0.25, 0.3) is 0 Å². The minimum Gasteiger partial charge on any atom is -0.391 e. The van der Waals surface area contributed by atoms with E-state index in [0.717, 1.165) is 12.8 Å². The number of hydrogen-bond donors (Lipinski definition) is 1. The first kappa shape index (κ1) is 13.3. The van der Waals surface area contributed by atoms with Crippen molar-refractivity contribution in [3.8, 4) is 0 Å². The summed E-state index contributed by atoms with van der Waals surface area (Å²) in [5, 5.41) is 9.62. The largest absolute Gasteiger partial charge is 0.391 e. The van der Waals surface area contributed by atoms with E-state index in [9.17, 15) is 5.11 Å². The second kappa shape index (κ2) is 6.21. The Balaban J connectivity index is 1.92. The number of aliphatic hydroxyl groups excluding tert-OH is 1. The molecule has 0 aliphatic carbocycles. The summed E-state index contributed by atoms with van der Waals surface area (Å²) in [7, 11) is 0. The van der Waals surface area contributed by atoms with Crippen LogP contribution in [-0.2, 0) is 4.74 Å². The molecule has 2 nitrogen and oxygen atoms in total. The molecule has 0 bridgehead atoms. The van der Waals surface area contributed by atoms with E-state index in [4.69, 9.17) is 4.74 Å². The number of ether oxygens (including phenoxy) is 1. The van der Waals surface area contributed by atoms with Crippen molar-refractivity contribution in [3.05, 3.63) is 71.8 Å². The zero-order chi connectivity index (χ0) is 13.8. The first-order valence-corrected chi connectivity index (χ1v) is 7.24. The van der Waals surface area contributed by atoms with Crippen LogP contribution >= 0.6 is 0 Å². The van der Waals surface area contributed by atoms with Crippen molar-refractivity contribution in [2.75, 3.05) is 6.61 Å². The van der Waals surface area contributed by atoms with Crippen LogP contribution in [0.1, 0.15) is 29.9 Å². The molecule has 3 rings (SSSR count). The van der Waals surface area contributed by atoms with Gasteiger partial charge in [-0.1, -0.05) is 60.7 Å². The van der Waals surface area contributed by atoms with Crippen LogP contribution in [0.5, 0.6) is 0 Å². The molecular formula is C18H20O2. The molecule has 2 aromatic rings. The van der Waals surface area contributed by atoms with Gasteiger partial charge in [-0.2, -0.15) is 0 Å². The van der Waals surface area contributed by atoms with Gasteiger partial charge >= 0.3 is 0 Å². The van der Waals surface area contributed by atoms with Crippen LogP contribution < -0.4 is 0 Å². The third-order valence-corrected chi connectivity index (χ3v) is 3.98. The Kier molecular flexibility index (Phi) is 4.14. The van der Waals surface area contributed by atoms with Crippen LogP contribution in [0.15, 0.2) is 60.7 Å². The van der Waals surface area contributed by atoms with Crippen molar-refractivity contribution in [2.45, 2.75) is 31.0 Å². The standard InChI is InChI=1S/C18H20O2/c19-16-11-12-17(20-13-16)18(14-7-3-1-4-8-14)15-9-5-2-6-10-15/h1-10,16-19H,11-13H2. The molecule has 2 atom stereocenters. The normalized spacial score (nSPS) is 22.9. The Morgan fingerprint density at radius 1 is 0.850 bits per heavy atom. The summed E-state index contributed by atoms with van der Waals surface area (Å²) in [6.45, 7) is 0.445. The van der Waals surface area contributed by atoms with Gasteiger partial charge in [-0.25, -0.2) is 0 Å². The van der Waals surface area contributed by atoms with Crippen LogP contribution in [-0.4, -0.2) is 23.9 Å². The molecule has 104 valence electrons. The van der Waals surface area contributed by atoms with Crippen molar-refractivity contribution in [2.24, 2.45) is 0 Å². The highest BCUT2D eigenvalue weighted by Gasteiger charge is 2.29. The predicted octanol–water partition coefficient (Wildman–Crippen LogP) is 3.36. The van der Waals surface area contributed by atoms with Crippen LogP contribution in [0.4, 0.5) is 0 Å². The van der Waals surface area contributed by atoms with Crippen molar-refractivity contribution in [1.82, 2.24) is 0 Å². The lowest BCUT2D eigenvalue weighted by Gasteiger charge is -2.33. The van der Waals surface area contributed by atoms with Crippen LogP contribution in [0.2, 0.25) is 0 Å². The molecule has 0 aromatic heterocycles. The predicted molar refractivity (Wildman–Crippen MR) is 79.7 cm³/mol. The van der Waals surface area contributed by atoms with Gasteiger partial charge in [0.05, 0.1) is 18.8 Å². The van der Waals surface area contributed by atoms with E-state index in [-0.39, 0.29) is 18.1 Å². The van der Waals surface area contributed by atoms with Gasteiger partial charge in [0, 0.05) is 5.92 Å². The van der Waals surface area contributed by atoms with E-state index >= 15 is 0 Å². The summed E-state index contributed by atoms with van der Waals surface area (Å²) in [6, 6.07) is 21.0. The summed E-state index contributed by atoms with van der Waals surface area (Å²) in [4.78, 5) is 0. The number of aliphatic hydroxyl groups is 1. The highest BCUT2D eigenvalue weighted by Crippen LogP contribution is 2.34. The quantitative estimate of drug-likeness (QED) is 0.925. The molecule has 1 heterocycles. The van der Waals surface area contributed by atoms with Crippen molar-refractivity contribution in [3.63, 3.8) is 0 Å². The molecule has 1 saturated heterocycles. The lowest BCUT2D eigenvalue weighted by atomic mass is 9.83. The second-order valence-corrected chi connectivity index (χ2v) is 5.40. The van der Waals surface area contributed by atoms with Crippen LogP contribution in [0.25, 0.3) is 0 Å². The van der Waals surface area contributed by atoms with E-state index in [2.05, 4.69) is 48.5 Å². The Morgan fingerprint density at radius 2 is 1.40 bits per heavy atom. The maximum atomic E-state index is 9.62. The van der Waals surface area contributed by atoms with Gasteiger partial charge < -0.3 is 9.84 Å². The second-order valence-electron chi connectivity index (χ2n) is 5.40. The molecule has 2 heteroatoms. The van der Waals surface area contributed by atoms with Crippen molar-refractivity contribution in [1.29, 1.82) is 0 Å². The third-order valence-electron chi connectivity index (χ3n) is 3.98. The Hall–Kier alpha value is -1.64. The SMILES string of the molecule is OC1CCC(C(c2ccccc2)c2ccccc2)OC1. The summed E-state index contributed by atoms with van der Waals surface area (Å²) in [5.74, 6) is 0.241.